The van der Waals surface area contributed by atoms with Gasteiger partial charge in [-0.15, -0.1) is 0 Å². The summed E-state index contributed by atoms with van der Waals surface area (Å²) in [5.41, 5.74) is 0.407. The number of rotatable bonds is 5. The van der Waals surface area contributed by atoms with Gasteiger partial charge in [0.05, 0.1) is 11.7 Å². The number of anilines is 1. The number of carbonyl (C=O) groups excluding carboxylic acids is 1. The number of ether oxygens (including phenoxy) is 1. The van der Waals surface area contributed by atoms with Crippen molar-refractivity contribution < 1.29 is 14.6 Å². The van der Waals surface area contributed by atoms with Crippen LogP contribution >= 0.6 is 0 Å². The molecule has 2 atom stereocenters. The van der Waals surface area contributed by atoms with Gasteiger partial charge >= 0.3 is 0 Å². The maximum atomic E-state index is 12.3. The summed E-state index contributed by atoms with van der Waals surface area (Å²) in [5.74, 6) is -0.189. The van der Waals surface area contributed by atoms with Crippen LogP contribution in [0.2, 0.25) is 0 Å². The molecule has 5 heteroatoms. The number of aliphatic hydroxyl groups is 1. The molecule has 1 heterocycles. The van der Waals surface area contributed by atoms with Crippen molar-refractivity contribution in [2.75, 3.05) is 18.5 Å². The number of benzene rings is 1. The van der Waals surface area contributed by atoms with Crippen molar-refractivity contribution in [1.82, 2.24) is 5.32 Å². The van der Waals surface area contributed by atoms with Crippen molar-refractivity contribution in [3.8, 4) is 0 Å². The second-order valence-corrected chi connectivity index (χ2v) is 5.89. The molecule has 0 bridgehead atoms. The van der Waals surface area contributed by atoms with Crippen molar-refractivity contribution in [3.63, 3.8) is 0 Å². The summed E-state index contributed by atoms with van der Waals surface area (Å²) in [4.78, 5) is 12.3. The molecule has 3 N–H and O–H groups in total. The zero-order valence-electron chi connectivity index (χ0n) is 12.8. The number of nitrogens with one attached hydrogen (secondary N) is 2. The molecule has 0 radical (unpaired) electrons. The van der Waals surface area contributed by atoms with Crippen molar-refractivity contribution in [2.24, 2.45) is 0 Å². The van der Waals surface area contributed by atoms with Crippen LogP contribution in [0.15, 0.2) is 24.3 Å². The molecule has 1 aliphatic rings. The SMILES string of the molecule is CC(C)Nc1ccccc1C(=O)NCC1(O)CCOC1C. The minimum absolute atomic E-state index is 0.189. The molecular weight excluding hydrogens is 268 g/mol. The van der Waals surface area contributed by atoms with E-state index in [4.69, 9.17) is 4.74 Å². The van der Waals surface area contributed by atoms with E-state index >= 15 is 0 Å². The standard InChI is InChI=1S/C16H24N2O3/c1-11(2)18-14-7-5-4-6-13(14)15(19)17-10-16(20)8-9-21-12(16)3/h4-7,11-12,18,20H,8-10H2,1-3H3,(H,17,19). The minimum Gasteiger partial charge on any atom is -0.385 e. The lowest BCUT2D eigenvalue weighted by Gasteiger charge is -2.26. The fourth-order valence-electron chi connectivity index (χ4n) is 2.45. The molecule has 1 aromatic rings. The van der Waals surface area contributed by atoms with Crippen LogP contribution in [0.4, 0.5) is 5.69 Å². The van der Waals surface area contributed by atoms with Gasteiger partial charge in [0.15, 0.2) is 0 Å². The van der Waals surface area contributed by atoms with Crippen molar-refractivity contribution in [3.05, 3.63) is 29.8 Å². The van der Waals surface area contributed by atoms with Crippen LogP contribution < -0.4 is 10.6 Å². The lowest BCUT2D eigenvalue weighted by molar-refractivity contribution is -0.0251. The van der Waals surface area contributed by atoms with E-state index in [2.05, 4.69) is 10.6 Å². The molecule has 1 saturated heterocycles. The molecular formula is C16H24N2O3. The Morgan fingerprint density at radius 3 is 2.81 bits per heavy atom. The summed E-state index contributed by atoms with van der Waals surface area (Å²) < 4.78 is 5.37. The van der Waals surface area contributed by atoms with Crippen molar-refractivity contribution in [1.29, 1.82) is 0 Å². The van der Waals surface area contributed by atoms with E-state index in [1.165, 1.54) is 0 Å². The van der Waals surface area contributed by atoms with Crippen LogP contribution in [-0.4, -0.2) is 41.9 Å². The van der Waals surface area contributed by atoms with Gasteiger partial charge in [-0.25, -0.2) is 0 Å². The van der Waals surface area contributed by atoms with E-state index in [1.807, 2.05) is 39.0 Å². The van der Waals surface area contributed by atoms with Gasteiger partial charge in [-0.05, 0) is 32.9 Å². The second-order valence-electron chi connectivity index (χ2n) is 5.89. The first kappa shape index (κ1) is 15.8. The summed E-state index contributed by atoms with van der Waals surface area (Å²) in [6, 6.07) is 7.62. The summed E-state index contributed by atoms with van der Waals surface area (Å²) in [5, 5.41) is 16.5. The number of carbonyl (C=O) groups is 1. The smallest absolute Gasteiger partial charge is 0.253 e. The van der Waals surface area contributed by atoms with Crippen molar-refractivity contribution in [2.45, 2.75) is 44.9 Å². The average Bonchev–Trinajstić information content (AvgIpc) is 2.76. The molecule has 2 unspecified atom stereocenters. The first-order chi connectivity index (χ1) is 9.92. The van der Waals surface area contributed by atoms with E-state index in [9.17, 15) is 9.90 Å². The Labute approximate surface area is 125 Å². The Morgan fingerprint density at radius 1 is 1.48 bits per heavy atom. The maximum absolute atomic E-state index is 12.3. The molecule has 1 aromatic carbocycles. The number of para-hydroxylation sites is 1. The van der Waals surface area contributed by atoms with Gasteiger partial charge in [0.1, 0.15) is 5.60 Å². The molecule has 0 aromatic heterocycles. The zero-order chi connectivity index (χ0) is 15.5. The maximum Gasteiger partial charge on any atom is 0.253 e. The van der Waals surface area contributed by atoms with Crippen LogP contribution in [0.3, 0.4) is 0 Å². The number of hydrogen-bond acceptors (Lipinski definition) is 4. The summed E-state index contributed by atoms with van der Waals surface area (Å²) in [7, 11) is 0. The largest absolute Gasteiger partial charge is 0.385 e. The Balaban J connectivity index is 2.04. The molecule has 2 rings (SSSR count). The van der Waals surface area contributed by atoms with Crippen LogP contribution in [0.1, 0.15) is 37.6 Å². The van der Waals surface area contributed by atoms with Gasteiger partial charge in [0.25, 0.3) is 5.91 Å². The third-order valence-electron chi connectivity index (χ3n) is 3.83. The van der Waals surface area contributed by atoms with E-state index in [0.717, 1.165) is 5.69 Å². The highest BCUT2D eigenvalue weighted by molar-refractivity contribution is 5.99. The number of hydrogen-bond donors (Lipinski definition) is 3. The van der Waals surface area contributed by atoms with Gasteiger partial charge in [0, 0.05) is 31.3 Å². The Kier molecular flexibility index (Phi) is 4.85. The lowest BCUT2D eigenvalue weighted by Crippen LogP contribution is -2.47. The Bertz CT molecular complexity index is 504. The van der Waals surface area contributed by atoms with Crippen molar-refractivity contribution >= 4 is 11.6 Å². The molecule has 1 amide bonds. The third-order valence-corrected chi connectivity index (χ3v) is 3.83. The third kappa shape index (κ3) is 3.74. The monoisotopic (exact) mass is 292 g/mol. The summed E-state index contributed by atoms with van der Waals surface area (Å²) >= 11 is 0. The van der Waals surface area contributed by atoms with Crippen LogP contribution in [0, 0.1) is 0 Å². The van der Waals surface area contributed by atoms with Crippen LogP contribution in [-0.2, 0) is 4.74 Å². The predicted molar refractivity (Wildman–Crippen MR) is 82.5 cm³/mol. The fraction of sp³-hybridized carbons (Fsp3) is 0.562. The van der Waals surface area contributed by atoms with Crippen LogP contribution in [0.25, 0.3) is 0 Å². The van der Waals surface area contributed by atoms with E-state index < -0.39 is 5.60 Å². The predicted octanol–water partition coefficient (Wildman–Crippen LogP) is 1.78. The molecule has 0 saturated carbocycles. The van der Waals surface area contributed by atoms with Gasteiger partial charge in [-0.1, -0.05) is 12.1 Å². The first-order valence-electron chi connectivity index (χ1n) is 7.40. The first-order valence-corrected chi connectivity index (χ1v) is 7.40. The quantitative estimate of drug-likeness (QED) is 0.773. The molecule has 5 nitrogen and oxygen atoms in total. The minimum atomic E-state index is -0.976. The second kappa shape index (κ2) is 6.45. The van der Waals surface area contributed by atoms with E-state index in [1.54, 1.807) is 6.07 Å². The topological polar surface area (TPSA) is 70.6 Å². The molecule has 1 aliphatic heterocycles. The van der Waals surface area contributed by atoms with E-state index in [0.29, 0.717) is 18.6 Å². The number of amides is 1. The average molecular weight is 292 g/mol. The molecule has 21 heavy (non-hydrogen) atoms. The van der Waals surface area contributed by atoms with Gasteiger partial charge < -0.3 is 20.5 Å². The molecule has 0 spiro atoms. The van der Waals surface area contributed by atoms with Gasteiger partial charge in [0.2, 0.25) is 0 Å². The highest BCUT2D eigenvalue weighted by Gasteiger charge is 2.39. The molecule has 0 aliphatic carbocycles. The lowest BCUT2D eigenvalue weighted by atomic mass is 9.96. The normalized spacial score (nSPS) is 25.1. The highest BCUT2D eigenvalue weighted by atomic mass is 16.5. The highest BCUT2D eigenvalue weighted by Crippen LogP contribution is 2.25. The molecule has 116 valence electrons. The summed E-state index contributed by atoms with van der Waals surface area (Å²) in [6.45, 7) is 6.60. The Morgan fingerprint density at radius 2 is 2.19 bits per heavy atom. The fourth-order valence-corrected chi connectivity index (χ4v) is 2.45. The van der Waals surface area contributed by atoms with E-state index in [-0.39, 0.29) is 24.6 Å². The zero-order valence-corrected chi connectivity index (χ0v) is 12.8. The van der Waals surface area contributed by atoms with Gasteiger partial charge in [-0.2, -0.15) is 0 Å². The Hall–Kier alpha value is -1.59. The molecule has 1 fully saturated rings. The van der Waals surface area contributed by atoms with Gasteiger partial charge in [-0.3, -0.25) is 4.79 Å². The summed E-state index contributed by atoms with van der Waals surface area (Å²) in [6.07, 6.45) is 0.280. The van der Waals surface area contributed by atoms with Crippen LogP contribution in [0.5, 0.6) is 0 Å².